The second-order valence-electron chi connectivity index (χ2n) is 4.48. The normalized spacial score (nSPS) is 10.9. The van der Waals surface area contributed by atoms with Crippen LogP contribution in [-0.4, -0.2) is 15.8 Å². The Morgan fingerprint density at radius 2 is 2.20 bits per heavy atom. The molecule has 0 atom stereocenters. The number of nitrogens with one attached hydrogen (secondary N) is 1. The lowest BCUT2D eigenvalue weighted by Gasteiger charge is -2.01. The molecule has 0 aliphatic carbocycles. The van der Waals surface area contributed by atoms with Crippen LogP contribution in [0.2, 0.25) is 5.02 Å². The lowest BCUT2D eigenvalue weighted by Crippen LogP contribution is -2.02. The fourth-order valence-corrected chi connectivity index (χ4v) is 2.68. The Hall–Kier alpha value is -1.65. The Labute approximate surface area is 129 Å². The average Bonchev–Trinajstić information content (AvgIpc) is 2.81. The molecule has 3 rings (SSSR count). The first-order valence-electron chi connectivity index (χ1n) is 6.04. The van der Waals surface area contributed by atoms with Gasteiger partial charge >= 0.3 is 0 Å². The molecular formula is C15H10BrClN2O. The number of pyridine rings is 1. The summed E-state index contributed by atoms with van der Waals surface area (Å²) >= 11 is 9.31. The van der Waals surface area contributed by atoms with Crippen LogP contribution in [0, 0.1) is 0 Å². The monoisotopic (exact) mass is 348 g/mol. The molecule has 100 valence electrons. The van der Waals surface area contributed by atoms with Crippen molar-refractivity contribution in [1.82, 2.24) is 9.97 Å². The van der Waals surface area contributed by atoms with E-state index < -0.39 is 0 Å². The minimum Gasteiger partial charge on any atom is -0.345 e. The van der Waals surface area contributed by atoms with Gasteiger partial charge in [-0.1, -0.05) is 23.7 Å². The Kier molecular flexibility index (Phi) is 3.59. The summed E-state index contributed by atoms with van der Waals surface area (Å²) in [4.78, 5) is 19.6. The average molecular weight is 350 g/mol. The van der Waals surface area contributed by atoms with Gasteiger partial charge in [-0.25, -0.2) is 4.98 Å². The van der Waals surface area contributed by atoms with E-state index in [0.717, 1.165) is 15.4 Å². The molecule has 0 bridgehead atoms. The highest BCUT2D eigenvalue weighted by molar-refractivity contribution is 9.10. The molecule has 2 heterocycles. The molecule has 0 aliphatic rings. The number of H-pyrrole nitrogens is 1. The van der Waals surface area contributed by atoms with Gasteiger partial charge in [0, 0.05) is 39.3 Å². The third-order valence-corrected chi connectivity index (χ3v) is 3.72. The van der Waals surface area contributed by atoms with E-state index in [-0.39, 0.29) is 5.78 Å². The largest absolute Gasteiger partial charge is 0.345 e. The van der Waals surface area contributed by atoms with Crippen molar-refractivity contribution in [3.63, 3.8) is 0 Å². The summed E-state index contributed by atoms with van der Waals surface area (Å²) in [6, 6.07) is 9.24. The van der Waals surface area contributed by atoms with Gasteiger partial charge in [0.05, 0.1) is 0 Å². The Morgan fingerprint density at radius 3 is 3.00 bits per heavy atom. The van der Waals surface area contributed by atoms with Gasteiger partial charge in [0.15, 0.2) is 5.78 Å². The van der Waals surface area contributed by atoms with E-state index >= 15 is 0 Å². The summed E-state index contributed by atoms with van der Waals surface area (Å²) in [6.45, 7) is 0. The van der Waals surface area contributed by atoms with E-state index in [1.165, 1.54) is 0 Å². The molecule has 0 unspecified atom stereocenters. The first kappa shape index (κ1) is 13.3. The van der Waals surface area contributed by atoms with Crippen LogP contribution in [0.25, 0.3) is 11.0 Å². The summed E-state index contributed by atoms with van der Waals surface area (Å²) < 4.78 is 0.849. The maximum atomic E-state index is 12.4. The second kappa shape index (κ2) is 5.38. The van der Waals surface area contributed by atoms with Crippen LogP contribution in [0.3, 0.4) is 0 Å². The van der Waals surface area contributed by atoms with Crippen LogP contribution in [0.1, 0.15) is 15.9 Å². The zero-order chi connectivity index (χ0) is 14.1. The molecule has 0 radical (unpaired) electrons. The first-order valence-corrected chi connectivity index (χ1v) is 7.21. The Balaban J connectivity index is 1.94. The number of hydrogen-bond acceptors (Lipinski definition) is 2. The molecule has 2 aromatic heterocycles. The predicted octanol–water partition coefficient (Wildman–Crippen LogP) is 4.40. The topological polar surface area (TPSA) is 45.8 Å². The van der Waals surface area contributed by atoms with Crippen molar-refractivity contribution < 1.29 is 4.79 Å². The third kappa shape index (κ3) is 2.62. The van der Waals surface area contributed by atoms with Gasteiger partial charge in [0.2, 0.25) is 0 Å². The molecule has 1 aromatic carbocycles. The van der Waals surface area contributed by atoms with E-state index in [4.69, 9.17) is 11.6 Å². The lowest BCUT2D eigenvalue weighted by molar-refractivity contribution is 0.0994. The summed E-state index contributed by atoms with van der Waals surface area (Å²) in [5.41, 5.74) is 2.26. The molecule has 3 nitrogen and oxygen atoms in total. The number of hydrogen-bond donors (Lipinski definition) is 1. The molecule has 0 spiro atoms. The minimum absolute atomic E-state index is 0.0402. The van der Waals surface area contributed by atoms with Crippen LogP contribution >= 0.6 is 27.5 Å². The number of fused-ring (bicyclic) bond motifs is 1. The van der Waals surface area contributed by atoms with Crippen molar-refractivity contribution in [2.24, 2.45) is 0 Å². The lowest BCUT2D eigenvalue weighted by atomic mass is 10.0. The van der Waals surface area contributed by atoms with Crippen LogP contribution in [-0.2, 0) is 6.42 Å². The summed E-state index contributed by atoms with van der Waals surface area (Å²) in [6.07, 6.45) is 3.72. The number of benzene rings is 1. The van der Waals surface area contributed by atoms with Crippen LogP contribution in [0.4, 0.5) is 0 Å². The number of aromatic amines is 1. The molecule has 20 heavy (non-hydrogen) atoms. The van der Waals surface area contributed by atoms with Crippen molar-refractivity contribution in [3.8, 4) is 0 Å². The van der Waals surface area contributed by atoms with Crippen LogP contribution in [0.15, 0.2) is 47.2 Å². The van der Waals surface area contributed by atoms with E-state index in [0.29, 0.717) is 22.7 Å². The van der Waals surface area contributed by atoms with E-state index in [9.17, 15) is 4.79 Å². The first-order chi connectivity index (χ1) is 9.63. The van der Waals surface area contributed by atoms with Gasteiger partial charge in [-0.2, -0.15) is 0 Å². The highest BCUT2D eigenvalue weighted by Gasteiger charge is 2.13. The maximum Gasteiger partial charge on any atom is 0.169 e. The molecule has 0 saturated carbocycles. The molecule has 0 saturated heterocycles. The standard InChI is InChI=1S/C15H10BrClN2O/c16-10-6-12-13(8-19-15(12)18-7-10)14(20)5-9-2-1-3-11(17)4-9/h1-4,6-8H,5H2,(H,18,19). The van der Waals surface area contributed by atoms with E-state index in [1.54, 1.807) is 18.5 Å². The number of nitrogens with zero attached hydrogens (tertiary/aromatic N) is 1. The zero-order valence-electron chi connectivity index (χ0n) is 10.4. The third-order valence-electron chi connectivity index (χ3n) is 3.05. The Bertz CT molecular complexity index is 797. The van der Waals surface area contributed by atoms with Gasteiger partial charge in [-0.05, 0) is 39.7 Å². The van der Waals surface area contributed by atoms with E-state index in [2.05, 4.69) is 25.9 Å². The quantitative estimate of drug-likeness (QED) is 0.712. The molecule has 0 fully saturated rings. The van der Waals surface area contributed by atoms with Gasteiger partial charge in [0.1, 0.15) is 5.65 Å². The Morgan fingerprint density at radius 1 is 1.35 bits per heavy atom. The smallest absolute Gasteiger partial charge is 0.169 e. The highest BCUT2D eigenvalue weighted by Crippen LogP contribution is 2.22. The molecule has 3 aromatic rings. The van der Waals surface area contributed by atoms with Crippen LogP contribution in [0.5, 0.6) is 0 Å². The zero-order valence-corrected chi connectivity index (χ0v) is 12.7. The van der Waals surface area contributed by atoms with Crippen molar-refractivity contribution >= 4 is 44.3 Å². The second-order valence-corrected chi connectivity index (χ2v) is 5.83. The van der Waals surface area contributed by atoms with Gasteiger partial charge in [-0.3, -0.25) is 4.79 Å². The van der Waals surface area contributed by atoms with Gasteiger partial charge in [-0.15, -0.1) is 0 Å². The molecule has 0 aliphatic heterocycles. The molecular weight excluding hydrogens is 340 g/mol. The number of carbonyl (C=O) groups is 1. The number of ketones is 1. The molecule has 1 N–H and O–H groups in total. The van der Waals surface area contributed by atoms with Crippen molar-refractivity contribution in [2.45, 2.75) is 6.42 Å². The minimum atomic E-state index is 0.0402. The summed E-state index contributed by atoms with van der Waals surface area (Å²) in [5, 5.41) is 1.46. The SMILES string of the molecule is O=C(Cc1cccc(Cl)c1)c1c[nH]c2ncc(Br)cc12. The highest BCUT2D eigenvalue weighted by atomic mass is 79.9. The van der Waals surface area contributed by atoms with Gasteiger partial charge in [0.25, 0.3) is 0 Å². The van der Waals surface area contributed by atoms with Crippen molar-refractivity contribution in [1.29, 1.82) is 0 Å². The fraction of sp³-hybridized carbons (Fsp3) is 0.0667. The predicted molar refractivity (Wildman–Crippen MR) is 83.3 cm³/mol. The summed E-state index contributed by atoms with van der Waals surface area (Å²) in [7, 11) is 0. The summed E-state index contributed by atoms with van der Waals surface area (Å²) in [5.74, 6) is 0.0402. The fourth-order valence-electron chi connectivity index (χ4n) is 2.14. The molecule has 0 amide bonds. The number of Topliss-reactive ketones (excluding diaryl/α,β-unsaturated/α-hetero) is 1. The number of aromatic nitrogens is 2. The van der Waals surface area contributed by atoms with Crippen molar-refractivity contribution in [2.75, 3.05) is 0 Å². The number of halogens is 2. The van der Waals surface area contributed by atoms with Gasteiger partial charge < -0.3 is 4.98 Å². The van der Waals surface area contributed by atoms with E-state index in [1.807, 2.05) is 24.3 Å². The molecule has 5 heteroatoms. The van der Waals surface area contributed by atoms with Crippen molar-refractivity contribution in [3.05, 3.63) is 63.3 Å². The number of carbonyl (C=O) groups excluding carboxylic acids is 1. The maximum absolute atomic E-state index is 12.4. The number of rotatable bonds is 3. The van der Waals surface area contributed by atoms with Crippen LogP contribution < -0.4 is 0 Å².